The molecule has 0 bridgehead atoms. The standard InChI is InChI=1S/C46H66N8O7/c1-28(2)37(51-43(57)59-7)41(55)53-22-8-10-34(53)39-47-26-33(49-39)30-12-14-31(15-13-30)45(5)18-20-46(6,21-19-45)36-27-48-40(50-36)35-11-9-23-54(35)42(56)38(29(3)4)52-44(58)61-32-16-24-60-25-17-32/h12-15,26-29,32,34-35,37-38H,8-11,16-25H2,1-7H3,(H,47,49)(H,48,50)(H,51,57)(H,52,58)/t34-,35-,37-,38-,45?,46?/m0/s1. The van der Waals surface area contributed by atoms with E-state index in [1.54, 1.807) is 0 Å². The molecule has 2 aromatic heterocycles. The summed E-state index contributed by atoms with van der Waals surface area (Å²) in [7, 11) is 1.30. The highest BCUT2D eigenvalue weighted by molar-refractivity contribution is 5.87. The minimum absolute atomic E-state index is 0.00930. The predicted octanol–water partition coefficient (Wildman–Crippen LogP) is 7.23. The molecule has 3 aromatic rings. The van der Waals surface area contributed by atoms with E-state index in [-0.39, 0.29) is 52.7 Å². The van der Waals surface area contributed by atoms with E-state index in [0.29, 0.717) is 39.1 Å². The smallest absolute Gasteiger partial charge is 0.408 e. The van der Waals surface area contributed by atoms with Crippen LogP contribution in [0.1, 0.15) is 141 Å². The third kappa shape index (κ3) is 9.61. The number of nitrogens with one attached hydrogen (secondary N) is 4. The van der Waals surface area contributed by atoms with Gasteiger partial charge in [0, 0.05) is 43.2 Å². The number of ether oxygens (including phenoxy) is 3. The molecule has 4 fully saturated rings. The molecule has 61 heavy (non-hydrogen) atoms. The Balaban J connectivity index is 0.961. The van der Waals surface area contributed by atoms with Crippen molar-refractivity contribution in [2.24, 2.45) is 11.8 Å². The van der Waals surface area contributed by atoms with Crippen molar-refractivity contribution in [3.05, 3.63) is 59.6 Å². The second-order valence-corrected chi connectivity index (χ2v) is 18.9. The molecule has 7 rings (SSSR count). The van der Waals surface area contributed by atoms with Crippen LogP contribution in [0.4, 0.5) is 9.59 Å². The number of imidazole rings is 2. The highest BCUT2D eigenvalue weighted by Crippen LogP contribution is 2.48. The summed E-state index contributed by atoms with van der Waals surface area (Å²) in [5.74, 6) is 1.12. The zero-order chi connectivity index (χ0) is 43.5. The molecule has 4 amide bonds. The molecule has 1 saturated carbocycles. The Hall–Kier alpha value is -4.92. The van der Waals surface area contributed by atoms with Gasteiger partial charge in [0.2, 0.25) is 11.8 Å². The molecule has 1 aliphatic carbocycles. The molecule has 5 heterocycles. The highest BCUT2D eigenvalue weighted by Gasteiger charge is 2.43. The Morgan fingerprint density at radius 3 is 1.82 bits per heavy atom. The first-order valence-corrected chi connectivity index (χ1v) is 22.4. The maximum Gasteiger partial charge on any atom is 0.408 e. The quantitative estimate of drug-likeness (QED) is 0.146. The predicted molar refractivity (Wildman–Crippen MR) is 229 cm³/mol. The van der Waals surface area contributed by atoms with E-state index in [9.17, 15) is 19.2 Å². The van der Waals surface area contributed by atoms with Crippen LogP contribution in [0.5, 0.6) is 0 Å². The first-order chi connectivity index (χ1) is 29.2. The first kappa shape index (κ1) is 44.1. The molecule has 1 aromatic carbocycles. The van der Waals surface area contributed by atoms with Crippen molar-refractivity contribution >= 4 is 24.0 Å². The van der Waals surface area contributed by atoms with Crippen LogP contribution in [0.15, 0.2) is 36.7 Å². The lowest BCUT2D eigenvalue weighted by Gasteiger charge is -2.43. The van der Waals surface area contributed by atoms with Crippen LogP contribution in [-0.4, -0.2) is 105 Å². The maximum absolute atomic E-state index is 14.0. The van der Waals surface area contributed by atoms with Gasteiger partial charge in [0.25, 0.3) is 0 Å². The van der Waals surface area contributed by atoms with Gasteiger partial charge < -0.3 is 44.6 Å². The van der Waals surface area contributed by atoms with Crippen molar-refractivity contribution < 1.29 is 33.4 Å². The largest absolute Gasteiger partial charge is 0.453 e. The Kier molecular flexibility index (Phi) is 13.5. The van der Waals surface area contributed by atoms with Gasteiger partial charge in [-0.25, -0.2) is 19.6 Å². The molecule has 4 N–H and O–H groups in total. The molecular formula is C46H66N8O7. The molecule has 3 saturated heterocycles. The molecule has 0 spiro atoms. The lowest BCUT2D eigenvalue weighted by Crippen LogP contribution is -2.51. The van der Waals surface area contributed by atoms with Gasteiger partial charge in [-0.15, -0.1) is 0 Å². The van der Waals surface area contributed by atoms with E-state index in [0.717, 1.165) is 80.0 Å². The second kappa shape index (κ2) is 18.6. The number of rotatable bonds is 12. The molecular weight excluding hydrogens is 777 g/mol. The number of carbonyl (C=O) groups excluding carboxylic acids is 4. The van der Waals surface area contributed by atoms with Crippen LogP contribution in [0.25, 0.3) is 11.3 Å². The summed E-state index contributed by atoms with van der Waals surface area (Å²) in [4.78, 5) is 73.0. The molecule has 15 heteroatoms. The summed E-state index contributed by atoms with van der Waals surface area (Å²) in [5.41, 5.74) is 4.27. The van der Waals surface area contributed by atoms with Gasteiger partial charge in [0.1, 0.15) is 29.8 Å². The van der Waals surface area contributed by atoms with Crippen molar-refractivity contribution in [1.82, 2.24) is 40.4 Å². The van der Waals surface area contributed by atoms with Gasteiger partial charge in [0.15, 0.2) is 0 Å². The second-order valence-electron chi connectivity index (χ2n) is 18.9. The van der Waals surface area contributed by atoms with E-state index in [2.05, 4.69) is 58.7 Å². The summed E-state index contributed by atoms with van der Waals surface area (Å²) in [6.45, 7) is 14.8. The number of aromatic amines is 2. The fourth-order valence-electron chi connectivity index (χ4n) is 9.74. The first-order valence-electron chi connectivity index (χ1n) is 22.4. The molecule has 3 aliphatic heterocycles. The minimum atomic E-state index is -0.691. The SMILES string of the molecule is COC(=O)N[C@H](C(=O)N1CCC[C@H]1c1ncc(-c2ccc(C3(C)CCC(C)(c4cnc([C@@H]5CCCN5C(=O)[C@@H](NC(=O)OC5CCOCC5)C(C)C)[nH]4)CC3)cc2)[nH]1)C(C)C. The van der Waals surface area contributed by atoms with Crippen molar-refractivity contribution in [3.63, 3.8) is 0 Å². The van der Waals surface area contributed by atoms with Crippen LogP contribution in [-0.2, 0) is 34.6 Å². The fourth-order valence-corrected chi connectivity index (χ4v) is 9.74. The van der Waals surface area contributed by atoms with Gasteiger partial charge in [-0.2, -0.15) is 0 Å². The minimum Gasteiger partial charge on any atom is -0.453 e. The van der Waals surface area contributed by atoms with Crippen molar-refractivity contribution in [2.45, 2.75) is 147 Å². The lowest BCUT2D eigenvalue weighted by atomic mass is 9.62. The number of aromatic nitrogens is 4. The third-order valence-electron chi connectivity index (χ3n) is 13.9. The van der Waals surface area contributed by atoms with E-state index >= 15 is 0 Å². The summed E-state index contributed by atoms with van der Waals surface area (Å²) in [5, 5.41) is 5.60. The van der Waals surface area contributed by atoms with Gasteiger partial charge in [-0.1, -0.05) is 65.8 Å². The maximum atomic E-state index is 14.0. The Morgan fingerprint density at radius 1 is 0.738 bits per heavy atom. The van der Waals surface area contributed by atoms with E-state index in [4.69, 9.17) is 24.2 Å². The summed E-state index contributed by atoms with van der Waals surface area (Å²) in [6, 6.07) is 7.04. The zero-order valence-corrected chi connectivity index (χ0v) is 37.1. The van der Waals surface area contributed by atoms with E-state index < -0.39 is 24.3 Å². The fraction of sp³-hybridized carbons (Fsp3) is 0.652. The van der Waals surface area contributed by atoms with Crippen LogP contribution < -0.4 is 10.6 Å². The summed E-state index contributed by atoms with van der Waals surface area (Å²) < 4.78 is 15.8. The third-order valence-corrected chi connectivity index (χ3v) is 13.9. The average Bonchev–Trinajstić information content (AvgIpc) is 4.10. The van der Waals surface area contributed by atoms with Crippen molar-refractivity contribution in [3.8, 4) is 11.3 Å². The molecule has 4 atom stereocenters. The van der Waals surface area contributed by atoms with E-state index in [1.807, 2.05) is 49.9 Å². The number of alkyl carbamates (subject to hydrolysis) is 2. The normalized spacial score (nSPS) is 25.7. The Morgan fingerprint density at radius 2 is 1.26 bits per heavy atom. The summed E-state index contributed by atoms with van der Waals surface area (Å²) in [6.07, 6.45) is 11.1. The number of amides is 4. The lowest BCUT2D eigenvalue weighted by molar-refractivity contribution is -0.136. The van der Waals surface area contributed by atoms with Gasteiger partial charge in [-0.3, -0.25) is 9.59 Å². The van der Waals surface area contributed by atoms with Gasteiger partial charge in [-0.05, 0) is 79.7 Å². The molecule has 4 aliphatic rings. The monoisotopic (exact) mass is 843 g/mol. The van der Waals surface area contributed by atoms with Crippen LogP contribution in [0, 0.1) is 11.8 Å². The molecule has 0 unspecified atom stereocenters. The molecule has 0 radical (unpaired) electrons. The number of hydrogen-bond acceptors (Lipinski definition) is 9. The van der Waals surface area contributed by atoms with Crippen LogP contribution in [0.2, 0.25) is 0 Å². The zero-order valence-electron chi connectivity index (χ0n) is 37.1. The number of likely N-dealkylation sites (tertiary alicyclic amines) is 2. The van der Waals surface area contributed by atoms with Crippen LogP contribution >= 0.6 is 0 Å². The average molecular weight is 843 g/mol. The highest BCUT2D eigenvalue weighted by atomic mass is 16.6. The van der Waals surface area contributed by atoms with Gasteiger partial charge >= 0.3 is 12.2 Å². The summed E-state index contributed by atoms with van der Waals surface area (Å²) >= 11 is 0. The van der Waals surface area contributed by atoms with E-state index in [1.165, 1.54) is 12.7 Å². The van der Waals surface area contributed by atoms with Gasteiger partial charge in [0.05, 0.1) is 44.3 Å². The number of methoxy groups -OCH3 is 1. The number of benzene rings is 1. The topological polar surface area (TPSA) is 184 Å². The van der Waals surface area contributed by atoms with Crippen molar-refractivity contribution in [1.29, 1.82) is 0 Å². The number of carbonyl (C=O) groups is 4. The number of hydrogen-bond donors (Lipinski definition) is 4. The molecule has 332 valence electrons. The van der Waals surface area contributed by atoms with Crippen molar-refractivity contribution in [2.75, 3.05) is 33.4 Å². The van der Waals surface area contributed by atoms with Crippen LogP contribution in [0.3, 0.4) is 0 Å². The number of nitrogens with zero attached hydrogens (tertiary/aromatic N) is 4. The molecule has 15 nitrogen and oxygen atoms in total. The number of H-pyrrole nitrogens is 2. The Labute approximate surface area is 359 Å². The Bertz CT molecular complexity index is 2000.